The van der Waals surface area contributed by atoms with Crippen LogP contribution in [0.15, 0.2) is 61.1 Å². The molecule has 11 atom stereocenters. The molecule has 14 amide bonds. The molecule has 0 spiro atoms. The number of unbranched alkanes of at least 4 members (excludes halogenated alkanes) is 1. The number of nitrogens with two attached hydrogens (primary N) is 3. The zero-order valence-corrected chi connectivity index (χ0v) is 54.2. The van der Waals surface area contributed by atoms with E-state index in [0.717, 1.165) is 16.7 Å². The van der Waals surface area contributed by atoms with Gasteiger partial charge in [-0.3, -0.25) is 67.1 Å². The second kappa shape index (κ2) is 39.7. The molecule has 2 aliphatic rings. The molecule has 542 valence electrons. The van der Waals surface area contributed by atoms with E-state index in [4.69, 9.17) is 17.2 Å². The van der Waals surface area contributed by atoms with Crippen LogP contribution >= 0.6 is 0 Å². The summed E-state index contributed by atoms with van der Waals surface area (Å²) in [6.45, 7) is -4.36. The third-order valence-electron chi connectivity index (χ3n) is 15.9. The van der Waals surface area contributed by atoms with Gasteiger partial charge in [0.25, 0.3) is 0 Å². The smallest absolute Gasteiger partial charge is 0.248 e. The number of aliphatic hydroxyl groups excluding tert-OH is 4. The number of phenolic OH excluding ortho intramolecular Hbond substituents is 2. The van der Waals surface area contributed by atoms with Gasteiger partial charge in [-0.1, -0.05) is 24.3 Å². The van der Waals surface area contributed by atoms with E-state index >= 15 is 0 Å². The summed E-state index contributed by atoms with van der Waals surface area (Å²) in [4.78, 5) is 196. The number of aliphatic hydroxyl groups is 4. The predicted molar refractivity (Wildman–Crippen MR) is 344 cm³/mol. The number of H-pyrrole nitrogens is 1. The zero-order chi connectivity index (χ0) is 72.9. The van der Waals surface area contributed by atoms with E-state index in [-0.39, 0.29) is 76.0 Å². The molecular weight excluding hydrogens is 1300 g/mol. The molecule has 24 N–H and O–H groups in total. The summed E-state index contributed by atoms with van der Waals surface area (Å²) >= 11 is 0. The summed E-state index contributed by atoms with van der Waals surface area (Å²) in [6.07, 6.45) is 1.83. The molecule has 2 aliphatic heterocycles. The van der Waals surface area contributed by atoms with Gasteiger partial charge < -0.3 is 121 Å². The fourth-order valence-electron chi connectivity index (χ4n) is 10.6. The number of imidazole rings is 1. The number of nitrogens with zero attached hydrogens (tertiary/aromatic N) is 3. The van der Waals surface area contributed by atoms with Crippen molar-refractivity contribution in [3.8, 4) is 11.5 Å². The van der Waals surface area contributed by atoms with Gasteiger partial charge in [0.2, 0.25) is 82.7 Å². The van der Waals surface area contributed by atoms with Crippen molar-refractivity contribution in [2.75, 3.05) is 65.6 Å². The Labute approximate surface area is 566 Å². The number of primary amides is 1. The van der Waals surface area contributed by atoms with Crippen molar-refractivity contribution in [3.63, 3.8) is 0 Å². The maximum Gasteiger partial charge on any atom is 0.248 e. The molecule has 2 aromatic carbocycles. The van der Waals surface area contributed by atoms with Gasteiger partial charge in [-0.05, 0) is 93.8 Å². The number of rotatable bonds is 39. The van der Waals surface area contributed by atoms with Crippen LogP contribution in [0.3, 0.4) is 0 Å². The minimum absolute atomic E-state index is 0.0233. The molecule has 0 aliphatic carbocycles. The summed E-state index contributed by atoms with van der Waals surface area (Å²) in [5, 5.41) is 88.1. The average molecular weight is 1390 g/mol. The van der Waals surface area contributed by atoms with Gasteiger partial charge >= 0.3 is 0 Å². The number of aromatic nitrogens is 2. The maximum atomic E-state index is 14.2. The number of nitrogens with one attached hydrogen (secondary N) is 12. The van der Waals surface area contributed by atoms with E-state index in [1.165, 1.54) is 61.1 Å². The van der Waals surface area contributed by atoms with Gasteiger partial charge in [-0.25, -0.2) is 4.98 Å². The summed E-state index contributed by atoms with van der Waals surface area (Å²) in [5.74, 6) is -13.4. The minimum atomic E-state index is -1.87. The second-order valence-electron chi connectivity index (χ2n) is 23.4. The molecular formula is C61H88N18O20. The lowest BCUT2D eigenvalue weighted by Gasteiger charge is -2.31. The summed E-state index contributed by atoms with van der Waals surface area (Å²) in [5.41, 5.74) is 17.4. The minimum Gasteiger partial charge on any atom is -0.508 e. The fourth-order valence-corrected chi connectivity index (χ4v) is 10.6. The molecule has 2 fully saturated rings. The van der Waals surface area contributed by atoms with Gasteiger partial charge in [0.05, 0.1) is 58.4 Å². The highest BCUT2D eigenvalue weighted by Gasteiger charge is 2.43. The highest BCUT2D eigenvalue weighted by atomic mass is 16.3. The number of hydrogen-bond donors (Lipinski definition) is 21. The van der Waals surface area contributed by atoms with E-state index in [1.54, 1.807) is 0 Å². The molecule has 5 rings (SSSR count). The van der Waals surface area contributed by atoms with Crippen LogP contribution in [0.2, 0.25) is 0 Å². The number of aromatic amines is 1. The van der Waals surface area contributed by atoms with Crippen molar-refractivity contribution in [3.05, 3.63) is 77.9 Å². The molecule has 3 aromatic rings. The van der Waals surface area contributed by atoms with Crippen molar-refractivity contribution >= 4 is 82.7 Å². The van der Waals surface area contributed by atoms with Crippen molar-refractivity contribution in [1.82, 2.24) is 78.3 Å². The Morgan fingerprint density at radius 3 is 1.40 bits per heavy atom. The number of amides is 14. The maximum absolute atomic E-state index is 14.2. The first kappa shape index (κ1) is 79.3. The van der Waals surface area contributed by atoms with Gasteiger partial charge in [0.15, 0.2) is 0 Å². The van der Waals surface area contributed by atoms with E-state index in [2.05, 4.69) is 68.5 Å². The number of carbonyl (C=O) groups is 14. The fraction of sp³-hybridized carbons (Fsp3) is 0.525. The van der Waals surface area contributed by atoms with Crippen LogP contribution in [-0.4, -0.2) is 265 Å². The van der Waals surface area contributed by atoms with Crippen molar-refractivity contribution in [1.29, 1.82) is 0 Å². The SMILES string of the molecule is C[C@@H](O)[C@H](NC(=O)[C@@H]1CCCN1C(=O)[C@H](CO)NC(=O)[C@H](Cc1ccc(O)cc1)NC(=O)CNC(=O)[C@H](Cc1cnc[nH]1)NC(=O)CNC(=O)CN)C(=O)N[C@@H](CO)C(=O)N1CCC[C@H]1C(=O)N[C@@H](CO)C(=O)N[C@@H](Cc1ccc(O)cc1)C(=O)NCC(=O)N[C@@H](CCCCN)C(N)=O. The predicted octanol–water partition coefficient (Wildman–Crippen LogP) is -10.0. The van der Waals surface area contributed by atoms with Crippen molar-refractivity contribution in [2.45, 2.75) is 138 Å². The number of phenols is 2. The lowest BCUT2D eigenvalue weighted by Crippen LogP contribution is -2.62. The number of likely N-dealkylation sites (tertiary alicyclic amines) is 2. The van der Waals surface area contributed by atoms with Crippen LogP contribution in [0.4, 0.5) is 0 Å². The van der Waals surface area contributed by atoms with Crippen LogP contribution in [0.1, 0.15) is 68.7 Å². The molecule has 1 aromatic heterocycles. The van der Waals surface area contributed by atoms with Gasteiger partial charge in [0, 0.05) is 44.2 Å². The quantitative estimate of drug-likeness (QED) is 0.0236. The van der Waals surface area contributed by atoms with Gasteiger partial charge in [-0.2, -0.15) is 0 Å². The third kappa shape index (κ3) is 24.9. The first-order valence-electron chi connectivity index (χ1n) is 31.8. The number of carbonyl (C=O) groups excluding carboxylic acids is 14. The Morgan fingerprint density at radius 1 is 0.525 bits per heavy atom. The zero-order valence-electron chi connectivity index (χ0n) is 54.2. The van der Waals surface area contributed by atoms with E-state index in [1.807, 2.05) is 0 Å². The summed E-state index contributed by atoms with van der Waals surface area (Å²) in [6, 6.07) is -4.44. The lowest BCUT2D eigenvalue weighted by atomic mass is 10.0. The average Bonchev–Trinajstić information content (AvgIpc) is 1.74. The van der Waals surface area contributed by atoms with Crippen molar-refractivity contribution < 1.29 is 97.8 Å². The Balaban J connectivity index is 1.20. The van der Waals surface area contributed by atoms with Gasteiger partial charge in [-0.15, -0.1) is 0 Å². The Hall–Kier alpha value is -10.4. The molecule has 99 heavy (non-hydrogen) atoms. The normalized spacial score (nSPS) is 16.8. The molecule has 0 unspecified atom stereocenters. The van der Waals surface area contributed by atoms with Crippen molar-refractivity contribution in [2.24, 2.45) is 17.2 Å². The molecule has 0 bridgehead atoms. The first-order valence-corrected chi connectivity index (χ1v) is 31.8. The molecule has 38 heteroatoms. The van der Waals surface area contributed by atoms with Gasteiger partial charge in [0.1, 0.15) is 71.9 Å². The topological polar surface area (TPSA) is 606 Å². The Morgan fingerprint density at radius 2 is 0.960 bits per heavy atom. The van der Waals surface area contributed by atoms with E-state index < -0.39 is 195 Å². The van der Waals surface area contributed by atoms with Crippen LogP contribution < -0.4 is 75.7 Å². The molecule has 0 saturated carbocycles. The lowest BCUT2D eigenvalue weighted by molar-refractivity contribution is -0.145. The highest BCUT2D eigenvalue weighted by Crippen LogP contribution is 2.22. The molecule has 0 radical (unpaired) electrons. The van der Waals surface area contributed by atoms with E-state index in [0.29, 0.717) is 36.2 Å². The second-order valence-corrected chi connectivity index (χ2v) is 23.4. The Bertz CT molecular complexity index is 3290. The number of aromatic hydroxyl groups is 2. The first-order chi connectivity index (χ1) is 47.2. The number of benzene rings is 2. The monoisotopic (exact) mass is 1390 g/mol. The third-order valence-corrected chi connectivity index (χ3v) is 15.9. The Kier molecular flexibility index (Phi) is 31.8. The molecule has 2 saturated heterocycles. The summed E-state index contributed by atoms with van der Waals surface area (Å²) < 4.78 is 0. The molecule has 3 heterocycles. The number of hydrogen-bond acceptors (Lipinski definition) is 23. The highest BCUT2D eigenvalue weighted by molar-refractivity contribution is 6.00. The largest absolute Gasteiger partial charge is 0.508 e. The standard InChI is InChI=1S/C61H88N18O20/c1-32(83)51(59(97)76-44(30-82)61(99)78-18-4-7-45(78)57(95)74-42(28-80)56(94)73-39(20-33-9-13-36(84)14-10-33)53(91)67-26-49(88)70-38(52(64)90)6-2-3-17-62)77-58(96)46-8-5-19-79(46)60(98)43(29-81)75-55(93)40(21-34-11-15-37(85)16-12-34)71-50(89)27-68-54(92)41(22-35-24-65-31-69-35)72-48(87)25-66-47(86)23-63/h9-16,24,31-32,38-46,51,80-85H,2-8,17-23,25-30,62-63H2,1H3,(H2,64,90)(H,65,69)(H,66,86)(H,67,91)(H,68,92)(H,70,88)(H,71,89)(H,72,87)(H,73,94)(H,74,95)(H,75,93)(H,76,97)(H,77,96)/t32-,38+,39+,40+,41+,42+,43+,44+,45+,46+,51+/m1/s1. The van der Waals surface area contributed by atoms with Crippen LogP contribution in [0.5, 0.6) is 11.5 Å². The van der Waals surface area contributed by atoms with E-state index in [9.17, 15) is 97.8 Å². The summed E-state index contributed by atoms with van der Waals surface area (Å²) in [7, 11) is 0. The van der Waals surface area contributed by atoms with Crippen LogP contribution in [-0.2, 0) is 86.4 Å². The van der Waals surface area contributed by atoms with Crippen LogP contribution in [0.25, 0.3) is 0 Å². The van der Waals surface area contributed by atoms with Crippen LogP contribution in [0, 0.1) is 0 Å². The molecule has 38 nitrogen and oxygen atoms in total.